The van der Waals surface area contributed by atoms with Gasteiger partial charge < -0.3 is 28.1 Å². The molecule has 10 heteroatoms. The molecule has 1 aromatic carbocycles. The SMILES string of the molecule is Cc1nocc1C(=O)N1CCN2C(=O)c3cccn3CC12c1ccc(OCCO[Si](C)(C)C(C)(C)C)cc1. The van der Waals surface area contributed by atoms with Gasteiger partial charge in [0.05, 0.1) is 18.8 Å². The summed E-state index contributed by atoms with van der Waals surface area (Å²) in [6.45, 7) is 15.1. The van der Waals surface area contributed by atoms with Gasteiger partial charge in [0, 0.05) is 24.8 Å². The zero-order valence-electron chi connectivity index (χ0n) is 23.0. The molecule has 1 fully saturated rings. The van der Waals surface area contributed by atoms with Crippen LogP contribution in [0.3, 0.4) is 0 Å². The van der Waals surface area contributed by atoms with Crippen molar-refractivity contribution in [3.05, 3.63) is 71.4 Å². The van der Waals surface area contributed by atoms with Crippen LogP contribution in [0.25, 0.3) is 0 Å². The van der Waals surface area contributed by atoms with Crippen molar-refractivity contribution in [2.75, 3.05) is 26.3 Å². The van der Waals surface area contributed by atoms with Gasteiger partial charge in [-0.3, -0.25) is 9.59 Å². The van der Waals surface area contributed by atoms with Crippen LogP contribution in [0.4, 0.5) is 0 Å². The molecule has 1 saturated heterocycles. The van der Waals surface area contributed by atoms with Crippen LogP contribution in [0.2, 0.25) is 18.1 Å². The number of benzene rings is 1. The Balaban J connectivity index is 1.41. The normalized spacial score (nSPS) is 19.5. The van der Waals surface area contributed by atoms with Crippen LogP contribution in [-0.2, 0) is 16.6 Å². The lowest BCUT2D eigenvalue weighted by atomic mass is 9.93. The molecular formula is C28H36N4O5Si. The first-order chi connectivity index (χ1) is 18.0. The maximum atomic E-state index is 13.8. The second kappa shape index (κ2) is 9.43. The van der Waals surface area contributed by atoms with Crippen LogP contribution in [0.5, 0.6) is 5.75 Å². The van der Waals surface area contributed by atoms with E-state index in [2.05, 4.69) is 39.0 Å². The first-order valence-electron chi connectivity index (χ1n) is 13.0. The summed E-state index contributed by atoms with van der Waals surface area (Å²) in [7, 11) is -1.83. The zero-order valence-corrected chi connectivity index (χ0v) is 24.0. The highest BCUT2D eigenvalue weighted by molar-refractivity contribution is 6.74. The standard InChI is InChI=1S/C28H36N4O5Si/c1-20-23(18-36-29-20)25(33)31-14-15-32-26(34)24-8-7-13-30(24)19-28(31,32)21-9-11-22(12-10-21)35-16-17-37-38(5,6)27(2,3)4/h7-13,18H,14-17,19H2,1-6H3. The van der Waals surface area contributed by atoms with E-state index in [0.29, 0.717) is 55.5 Å². The van der Waals surface area contributed by atoms with E-state index in [1.807, 2.05) is 52.1 Å². The van der Waals surface area contributed by atoms with Crippen molar-refractivity contribution in [1.29, 1.82) is 0 Å². The maximum absolute atomic E-state index is 13.8. The molecule has 2 aliphatic rings. The molecule has 1 unspecified atom stereocenters. The Morgan fingerprint density at radius 2 is 1.87 bits per heavy atom. The van der Waals surface area contributed by atoms with Gasteiger partial charge in [0.15, 0.2) is 14.0 Å². The summed E-state index contributed by atoms with van der Waals surface area (Å²) in [5, 5.41) is 4.04. The van der Waals surface area contributed by atoms with E-state index in [0.717, 1.165) is 5.56 Å². The molecule has 2 aliphatic heterocycles. The van der Waals surface area contributed by atoms with Gasteiger partial charge in [-0.2, -0.15) is 0 Å². The fourth-order valence-corrected chi connectivity index (χ4v) is 6.11. The van der Waals surface area contributed by atoms with Gasteiger partial charge in [-0.1, -0.05) is 38.1 Å². The number of rotatable bonds is 7. The van der Waals surface area contributed by atoms with E-state index in [4.69, 9.17) is 13.7 Å². The Bertz CT molecular complexity index is 1340. The van der Waals surface area contributed by atoms with E-state index in [9.17, 15) is 9.59 Å². The highest BCUT2D eigenvalue weighted by Gasteiger charge is 2.56. The molecule has 0 spiro atoms. The number of hydrogen-bond acceptors (Lipinski definition) is 6. The van der Waals surface area contributed by atoms with Crippen molar-refractivity contribution in [3.63, 3.8) is 0 Å². The highest BCUT2D eigenvalue weighted by Crippen LogP contribution is 2.44. The fraction of sp³-hybridized carbons (Fsp3) is 0.464. The molecule has 38 heavy (non-hydrogen) atoms. The van der Waals surface area contributed by atoms with Crippen molar-refractivity contribution >= 4 is 20.1 Å². The van der Waals surface area contributed by atoms with E-state index in [1.54, 1.807) is 11.8 Å². The Hall–Kier alpha value is -3.37. The lowest BCUT2D eigenvalue weighted by molar-refractivity contribution is -0.00599. The summed E-state index contributed by atoms with van der Waals surface area (Å²) in [6, 6.07) is 11.4. The number of nitrogens with zero attached hydrogens (tertiary/aromatic N) is 4. The minimum atomic E-state index is -1.83. The van der Waals surface area contributed by atoms with E-state index in [1.165, 1.54) is 6.26 Å². The van der Waals surface area contributed by atoms with Gasteiger partial charge >= 0.3 is 0 Å². The summed E-state index contributed by atoms with van der Waals surface area (Å²) in [6.07, 6.45) is 3.26. The maximum Gasteiger partial charge on any atom is 0.272 e. The van der Waals surface area contributed by atoms with Gasteiger partial charge in [-0.15, -0.1) is 0 Å². The zero-order chi connectivity index (χ0) is 27.3. The summed E-state index contributed by atoms with van der Waals surface area (Å²) in [5.74, 6) is 0.407. The summed E-state index contributed by atoms with van der Waals surface area (Å²) >= 11 is 0. The molecule has 2 amide bonds. The van der Waals surface area contributed by atoms with Crippen molar-refractivity contribution in [1.82, 2.24) is 19.5 Å². The van der Waals surface area contributed by atoms with E-state index in [-0.39, 0.29) is 16.9 Å². The van der Waals surface area contributed by atoms with Crippen molar-refractivity contribution in [2.45, 2.75) is 58.0 Å². The Labute approximate surface area is 224 Å². The molecule has 0 aliphatic carbocycles. The predicted octanol–water partition coefficient (Wildman–Crippen LogP) is 4.65. The highest BCUT2D eigenvalue weighted by atomic mass is 28.4. The van der Waals surface area contributed by atoms with Crippen LogP contribution >= 0.6 is 0 Å². The number of hydrogen-bond donors (Lipinski definition) is 0. The molecule has 1 atom stereocenters. The minimum Gasteiger partial charge on any atom is -0.491 e. The molecule has 0 bridgehead atoms. The predicted molar refractivity (Wildman–Crippen MR) is 145 cm³/mol. The molecule has 5 rings (SSSR count). The molecule has 202 valence electrons. The summed E-state index contributed by atoms with van der Waals surface area (Å²) in [5.41, 5.74) is 1.41. The summed E-state index contributed by atoms with van der Waals surface area (Å²) < 4.78 is 19.2. The molecule has 4 heterocycles. The van der Waals surface area contributed by atoms with Crippen LogP contribution in [0, 0.1) is 6.92 Å². The number of aromatic nitrogens is 2. The average molecular weight is 537 g/mol. The number of fused-ring (bicyclic) bond motifs is 2. The Morgan fingerprint density at radius 1 is 1.13 bits per heavy atom. The third-order valence-corrected chi connectivity index (χ3v) is 12.8. The molecular weight excluding hydrogens is 500 g/mol. The van der Waals surface area contributed by atoms with Crippen LogP contribution in [0.1, 0.15) is 52.9 Å². The number of ether oxygens (including phenoxy) is 1. The van der Waals surface area contributed by atoms with Gasteiger partial charge in [0.1, 0.15) is 29.9 Å². The lowest BCUT2D eigenvalue weighted by Crippen LogP contribution is -2.60. The molecule has 3 aromatic rings. The van der Waals surface area contributed by atoms with Crippen LogP contribution in [0.15, 0.2) is 53.4 Å². The number of aryl methyl sites for hydroxylation is 1. The molecule has 9 nitrogen and oxygen atoms in total. The number of carbonyl (C=O) groups is 2. The monoisotopic (exact) mass is 536 g/mol. The molecule has 0 saturated carbocycles. The lowest BCUT2D eigenvalue weighted by Gasteiger charge is -2.47. The fourth-order valence-electron chi connectivity index (χ4n) is 5.08. The van der Waals surface area contributed by atoms with Gasteiger partial charge in [-0.05, 0) is 49.3 Å². The Kier molecular flexibility index (Phi) is 6.51. The summed E-state index contributed by atoms with van der Waals surface area (Å²) in [4.78, 5) is 30.9. The Morgan fingerprint density at radius 3 is 2.53 bits per heavy atom. The van der Waals surface area contributed by atoms with E-state index >= 15 is 0 Å². The van der Waals surface area contributed by atoms with Crippen molar-refractivity contribution in [3.8, 4) is 5.75 Å². The number of amides is 2. The second-order valence-corrected chi connectivity index (χ2v) is 16.4. The third kappa shape index (κ3) is 4.25. The quantitative estimate of drug-likeness (QED) is 0.323. The van der Waals surface area contributed by atoms with Crippen LogP contribution < -0.4 is 4.74 Å². The smallest absolute Gasteiger partial charge is 0.272 e. The van der Waals surface area contributed by atoms with Gasteiger partial charge in [-0.25, -0.2) is 0 Å². The van der Waals surface area contributed by atoms with Crippen molar-refractivity contribution < 1.29 is 23.3 Å². The van der Waals surface area contributed by atoms with Gasteiger partial charge in [0.25, 0.3) is 11.8 Å². The minimum absolute atomic E-state index is 0.0957. The third-order valence-electron chi connectivity index (χ3n) is 8.29. The number of carbonyl (C=O) groups excluding carboxylic acids is 2. The first-order valence-corrected chi connectivity index (χ1v) is 15.9. The van der Waals surface area contributed by atoms with Gasteiger partial charge in [0.2, 0.25) is 0 Å². The topological polar surface area (TPSA) is 90.0 Å². The van der Waals surface area contributed by atoms with Crippen molar-refractivity contribution in [2.24, 2.45) is 0 Å². The average Bonchev–Trinajstić information content (AvgIpc) is 3.60. The first kappa shape index (κ1) is 26.2. The van der Waals surface area contributed by atoms with Crippen LogP contribution in [-0.4, -0.2) is 66.0 Å². The molecule has 0 N–H and O–H groups in total. The molecule has 0 radical (unpaired) electrons. The second-order valence-electron chi connectivity index (χ2n) is 11.5. The molecule has 2 aromatic heterocycles. The van der Waals surface area contributed by atoms with E-state index < -0.39 is 14.0 Å². The largest absolute Gasteiger partial charge is 0.491 e.